The molecule has 0 aliphatic heterocycles. The third-order valence-corrected chi connectivity index (χ3v) is 3.85. The van der Waals surface area contributed by atoms with Crippen LogP contribution in [0, 0.1) is 10.1 Å². The number of benzene rings is 2. The Balaban J connectivity index is 1.77. The van der Waals surface area contributed by atoms with E-state index in [4.69, 9.17) is 32.5 Å². The molecule has 0 bridgehead atoms. The fourth-order valence-electron chi connectivity index (χ4n) is 2.06. The van der Waals surface area contributed by atoms with E-state index in [0.717, 1.165) is 0 Å². The highest BCUT2D eigenvalue weighted by molar-refractivity contribution is 6.35. The summed E-state index contributed by atoms with van der Waals surface area (Å²) < 4.78 is 10.9. The molecule has 1 heterocycles. The van der Waals surface area contributed by atoms with Crippen molar-refractivity contribution in [2.24, 2.45) is 0 Å². The molecule has 0 aliphatic rings. The minimum atomic E-state index is -0.544. The highest BCUT2D eigenvalue weighted by Crippen LogP contribution is 2.31. The lowest BCUT2D eigenvalue weighted by Crippen LogP contribution is -2.03. The number of halogens is 2. The topological polar surface area (TPSA) is 91.3 Å². The molecule has 1 atom stereocenters. The van der Waals surface area contributed by atoms with Crippen molar-refractivity contribution in [3.8, 4) is 17.1 Å². The summed E-state index contributed by atoms with van der Waals surface area (Å²) in [6.45, 7) is 1.73. The predicted molar refractivity (Wildman–Crippen MR) is 91.9 cm³/mol. The van der Waals surface area contributed by atoms with Crippen LogP contribution in [0.2, 0.25) is 10.0 Å². The highest BCUT2D eigenvalue weighted by atomic mass is 35.5. The monoisotopic (exact) mass is 379 g/mol. The van der Waals surface area contributed by atoms with Gasteiger partial charge in [-0.3, -0.25) is 10.1 Å². The van der Waals surface area contributed by atoms with Gasteiger partial charge in [-0.15, -0.1) is 0 Å². The largest absolute Gasteiger partial charge is 0.479 e. The summed E-state index contributed by atoms with van der Waals surface area (Å²) in [6, 6.07) is 10.7. The Morgan fingerprint density at radius 1 is 1.20 bits per heavy atom. The second-order valence-corrected chi connectivity index (χ2v) is 5.94. The molecule has 0 aliphatic carbocycles. The molecule has 0 unspecified atom stereocenters. The van der Waals surface area contributed by atoms with Gasteiger partial charge in [-0.1, -0.05) is 28.4 Å². The van der Waals surface area contributed by atoms with E-state index in [1.54, 1.807) is 37.3 Å². The SMILES string of the molecule is C[C@@H](Oc1ccc(Cl)cc1Cl)c1nc(-c2ccc([N+](=O)[O-])cc2)no1. The quantitative estimate of drug-likeness (QED) is 0.452. The van der Waals surface area contributed by atoms with Crippen LogP contribution >= 0.6 is 23.2 Å². The lowest BCUT2D eigenvalue weighted by atomic mass is 10.2. The second kappa shape index (κ2) is 7.08. The van der Waals surface area contributed by atoms with Crippen molar-refractivity contribution in [3.63, 3.8) is 0 Å². The van der Waals surface area contributed by atoms with Gasteiger partial charge in [-0.05, 0) is 37.3 Å². The smallest absolute Gasteiger partial charge is 0.269 e. The van der Waals surface area contributed by atoms with Gasteiger partial charge in [0.05, 0.1) is 9.95 Å². The van der Waals surface area contributed by atoms with Gasteiger partial charge in [0.25, 0.3) is 11.6 Å². The first-order valence-electron chi connectivity index (χ1n) is 7.14. The molecule has 0 radical (unpaired) electrons. The second-order valence-electron chi connectivity index (χ2n) is 5.10. The van der Waals surface area contributed by atoms with E-state index in [2.05, 4.69) is 10.1 Å². The molecule has 0 spiro atoms. The third kappa shape index (κ3) is 3.89. The van der Waals surface area contributed by atoms with Gasteiger partial charge in [0, 0.05) is 22.7 Å². The molecular formula is C16H11Cl2N3O4. The maximum absolute atomic E-state index is 10.7. The Morgan fingerprint density at radius 3 is 2.56 bits per heavy atom. The Labute approximate surface area is 152 Å². The number of nitro benzene ring substituents is 1. The van der Waals surface area contributed by atoms with E-state index < -0.39 is 11.0 Å². The van der Waals surface area contributed by atoms with Crippen LogP contribution in [-0.2, 0) is 0 Å². The van der Waals surface area contributed by atoms with Gasteiger partial charge >= 0.3 is 0 Å². The molecule has 7 nitrogen and oxygen atoms in total. The molecule has 1 aromatic heterocycles. The number of non-ortho nitro benzene ring substituents is 1. The Morgan fingerprint density at radius 2 is 1.92 bits per heavy atom. The maximum Gasteiger partial charge on any atom is 0.269 e. The molecular weight excluding hydrogens is 369 g/mol. The number of hydrogen-bond acceptors (Lipinski definition) is 6. The molecule has 3 aromatic rings. The normalized spacial score (nSPS) is 12.0. The van der Waals surface area contributed by atoms with Crippen LogP contribution in [0.25, 0.3) is 11.4 Å². The average molecular weight is 380 g/mol. The van der Waals surface area contributed by atoms with Crippen molar-refractivity contribution in [2.45, 2.75) is 13.0 Å². The lowest BCUT2D eigenvalue weighted by Gasteiger charge is -2.12. The predicted octanol–water partition coefficient (Wildman–Crippen LogP) is 5.09. The molecule has 0 saturated heterocycles. The fraction of sp³-hybridized carbons (Fsp3) is 0.125. The van der Waals surface area contributed by atoms with Crippen molar-refractivity contribution >= 4 is 28.9 Å². The zero-order valence-corrected chi connectivity index (χ0v) is 14.4. The minimum absolute atomic E-state index is 0.0125. The summed E-state index contributed by atoms with van der Waals surface area (Å²) in [5.41, 5.74) is 0.582. The number of nitro groups is 1. The standard InChI is InChI=1S/C16H11Cl2N3O4/c1-9(24-14-7-4-11(17)8-13(14)18)16-19-15(20-25-16)10-2-5-12(6-3-10)21(22)23/h2-9H,1H3/t9-/m1/s1. The number of aromatic nitrogens is 2. The zero-order chi connectivity index (χ0) is 18.0. The number of rotatable bonds is 5. The molecule has 3 rings (SSSR count). The molecule has 128 valence electrons. The van der Waals surface area contributed by atoms with Crippen LogP contribution in [0.4, 0.5) is 5.69 Å². The zero-order valence-electron chi connectivity index (χ0n) is 12.8. The van der Waals surface area contributed by atoms with Crippen molar-refractivity contribution in [3.05, 3.63) is 68.5 Å². The van der Waals surface area contributed by atoms with E-state index in [-0.39, 0.29) is 11.6 Å². The summed E-state index contributed by atoms with van der Waals surface area (Å²) in [5.74, 6) is 0.996. The molecule has 0 fully saturated rings. The first kappa shape index (κ1) is 17.2. The number of ether oxygens (including phenoxy) is 1. The van der Waals surface area contributed by atoms with Gasteiger partial charge < -0.3 is 9.26 Å². The van der Waals surface area contributed by atoms with Crippen LogP contribution < -0.4 is 4.74 Å². The van der Waals surface area contributed by atoms with E-state index in [9.17, 15) is 10.1 Å². The number of hydrogen-bond donors (Lipinski definition) is 0. The average Bonchev–Trinajstić information content (AvgIpc) is 3.07. The van der Waals surface area contributed by atoms with E-state index >= 15 is 0 Å². The van der Waals surface area contributed by atoms with Crippen LogP contribution in [0.1, 0.15) is 18.9 Å². The van der Waals surface area contributed by atoms with E-state index in [1.165, 1.54) is 12.1 Å². The molecule has 9 heteroatoms. The van der Waals surface area contributed by atoms with Gasteiger partial charge in [-0.25, -0.2) is 0 Å². The maximum atomic E-state index is 10.7. The van der Waals surface area contributed by atoms with Crippen molar-refractivity contribution < 1.29 is 14.2 Å². The Kier molecular flexibility index (Phi) is 4.87. The summed E-state index contributed by atoms with van der Waals surface area (Å²) in [5, 5.41) is 15.4. The van der Waals surface area contributed by atoms with Gasteiger partial charge in [0.15, 0.2) is 6.10 Å². The molecule has 2 aromatic carbocycles. The Bertz CT molecular complexity index is 912. The molecule has 0 N–H and O–H groups in total. The summed E-state index contributed by atoms with van der Waals surface area (Å²) in [6.07, 6.45) is -0.544. The van der Waals surface area contributed by atoms with Gasteiger partial charge in [-0.2, -0.15) is 4.98 Å². The molecule has 25 heavy (non-hydrogen) atoms. The lowest BCUT2D eigenvalue weighted by molar-refractivity contribution is -0.384. The third-order valence-electron chi connectivity index (χ3n) is 3.32. The van der Waals surface area contributed by atoms with Gasteiger partial charge in [0.2, 0.25) is 5.82 Å². The number of nitrogens with zero attached hydrogens (tertiary/aromatic N) is 3. The minimum Gasteiger partial charge on any atom is -0.479 e. The first-order valence-corrected chi connectivity index (χ1v) is 7.90. The van der Waals surface area contributed by atoms with Crippen LogP contribution in [0.3, 0.4) is 0 Å². The first-order chi connectivity index (χ1) is 11.9. The van der Waals surface area contributed by atoms with Crippen molar-refractivity contribution in [2.75, 3.05) is 0 Å². The van der Waals surface area contributed by atoms with Crippen LogP contribution in [0.5, 0.6) is 5.75 Å². The highest BCUT2D eigenvalue weighted by Gasteiger charge is 2.18. The summed E-state index contributed by atoms with van der Waals surface area (Å²) in [7, 11) is 0. The van der Waals surface area contributed by atoms with E-state index in [0.29, 0.717) is 27.2 Å². The van der Waals surface area contributed by atoms with Crippen molar-refractivity contribution in [1.82, 2.24) is 10.1 Å². The van der Waals surface area contributed by atoms with Gasteiger partial charge in [0.1, 0.15) is 5.75 Å². The van der Waals surface area contributed by atoms with Crippen LogP contribution in [0.15, 0.2) is 47.0 Å². The van der Waals surface area contributed by atoms with Crippen LogP contribution in [-0.4, -0.2) is 15.1 Å². The Hall–Kier alpha value is -2.64. The summed E-state index contributed by atoms with van der Waals surface area (Å²) >= 11 is 11.9. The molecule has 0 amide bonds. The fourth-order valence-corrected chi connectivity index (χ4v) is 2.51. The summed E-state index contributed by atoms with van der Waals surface area (Å²) in [4.78, 5) is 14.5. The van der Waals surface area contributed by atoms with E-state index in [1.807, 2.05) is 0 Å². The molecule has 0 saturated carbocycles. The van der Waals surface area contributed by atoms with Crippen molar-refractivity contribution in [1.29, 1.82) is 0 Å².